The average Bonchev–Trinajstić information content (AvgIpc) is 2.73. The number of aryl methyl sites for hydroxylation is 2. The Kier molecular flexibility index (Phi) is 7.08. The predicted molar refractivity (Wildman–Crippen MR) is 116 cm³/mol. The standard InChI is InChI=1S/C25H31NO3/c1-18-4-6-20(7-5-18)8-9-21-12-14-26(15-13-21)25(28)17-23-16-22(19(2)27)10-11-24(23)29-3/h4-7,10-11,16,21H,8-9,12-15,17H2,1-3H3. The maximum Gasteiger partial charge on any atom is 0.227 e. The predicted octanol–water partition coefficient (Wildman–Crippen LogP) is 4.62. The number of nitrogens with zero attached hydrogens (tertiary/aromatic N) is 1. The lowest BCUT2D eigenvalue weighted by atomic mass is 9.90. The van der Waals surface area contributed by atoms with Crippen molar-refractivity contribution in [3.05, 3.63) is 64.7 Å². The van der Waals surface area contributed by atoms with E-state index in [1.54, 1.807) is 25.3 Å². The molecule has 0 N–H and O–H groups in total. The molecule has 0 saturated carbocycles. The normalized spacial score (nSPS) is 14.7. The SMILES string of the molecule is COc1ccc(C(C)=O)cc1CC(=O)N1CCC(CCc2ccc(C)cc2)CC1. The van der Waals surface area contributed by atoms with Crippen molar-refractivity contribution in [2.45, 2.75) is 46.0 Å². The summed E-state index contributed by atoms with van der Waals surface area (Å²) in [4.78, 5) is 26.4. The van der Waals surface area contributed by atoms with E-state index in [-0.39, 0.29) is 18.1 Å². The molecule has 1 aliphatic rings. The van der Waals surface area contributed by atoms with Crippen LogP contribution >= 0.6 is 0 Å². The van der Waals surface area contributed by atoms with E-state index in [0.717, 1.165) is 37.9 Å². The Balaban J connectivity index is 1.51. The summed E-state index contributed by atoms with van der Waals surface area (Å²) in [5, 5.41) is 0. The van der Waals surface area contributed by atoms with Gasteiger partial charge in [-0.1, -0.05) is 29.8 Å². The van der Waals surface area contributed by atoms with Crippen LogP contribution in [0.3, 0.4) is 0 Å². The maximum absolute atomic E-state index is 12.8. The van der Waals surface area contributed by atoms with E-state index in [0.29, 0.717) is 17.2 Å². The van der Waals surface area contributed by atoms with Crippen molar-refractivity contribution in [2.75, 3.05) is 20.2 Å². The van der Waals surface area contributed by atoms with Gasteiger partial charge in [-0.25, -0.2) is 0 Å². The number of benzene rings is 2. The zero-order valence-corrected chi connectivity index (χ0v) is 17.7. The van der Waals surface area contributed by atoms with Crippen molar-refractivity contribution in [1.82, 2.24) is 4.90 Å². The number of Topliss-reactive ketones (excluding diaryl/α,β-unsaturated/α-hetero) is 1. The summed E-state index contributed by atoms with van der Waals surface area (Å²) in [6, 6.07) is 14.1. The Hall–Kier alpha value is -2.62. The smallest absolute Gasteiger partial charge is 0.227 e. The van der Waals surface area contributed by atoms with Gasteiger partial charge in [-0.15, -0.1) is 0 Å². The van der Waals surface area contributed by atoms with Crippen LogP contribution in [0.5, 0.6) is 5.75 Å². The molecule has 1 aliphatic heterocycles. The van der Waals surface area contributed by atoms with E-state index >= 15 is 0 Å². The first-order valence-corrected chi connectivity index (χ1v) is 10.5. The van der Waals surface area contributed by atoms with Gasteiger partial charge in [0.1, 0.15) is 5.75 Å². The highest BCUT2D eigenvalue weighted by atomic mass is 16.5. The van der Waals surface area contributed by atoms with E-state index in [1.807, 2.05) is 4.90 Å². The minimum absolute atomic E-state index is 0.00394. The molecule has 4 heteroatoms. The number of ether oxygens (including phenoxy) is 1. The van der Waals surface area contributed by atoms with Crippen LogP contribution in [-0.2, 0) is 17.6 Å². The number of methoxy groups -OCH3 is 1. The van der Waals surface area contributed by atoms with E-state index in [4.69, 9.17) is 4.74 Å². The summed E-state index contributed by atoms with van der Waals surface area (Å²) < 4.78 is 5.38. The fraction of sp³-hybridized carbons (Fsp3) is 0.440. The van der Waals surface area contributed by atoms with Crippen LogP contribution in [0.25, 0.3) is 0 Å². The highest BCUT2D eigenvalue weighted by molar-refractivity contribution is 5.94. The lowest BCUT2D eigenvalue weighted by Gasteiger charge is -2.32. The third kappa shape index (κ3) is 5.69. The van der Waals surface area contributed by atoms with Gasteiger partial charge in [0.25, 0.3) is 0 Å². The summed E-state index contributed by atoms with van der Waals surface area (Å²) in [7, 11) is 1.59. The van der Waals surface area contributed by atoms with Crippen LogP contribution in [-0.4, -0.2) is 36.8 Å². The van der Waals surface area contributed by atoms with E-state index in [9.17, 15) is 9.59 Å². The van der Waals surface area contributed by atoms with Gasteiger partial charge in [-0.3, -0.25) is 9.59 Å². The Morgan fingerprint density at radius 1 is 1.07 bits per heavy atom. The highest BCUT2D eigenvalue weighted by Crippen LogP contribution is 2.25. The molecule has 0 unspecified atom stereocenters. The fourth-order valence-corrected chi connectivity index (χ4v) is 4.01. The van der Waals surface area contributed by atoms with Crippen molar-refractivity contribution < 1.29 is 14.3 Å². The average molecular weight is 394 g/mol. The second-order valence-electron chi connectivity index (χ2n) is 8.11. The lowest BCUT2D eigenvalue weighted by molar-refractivity contribution is -0.131. The molecule has 0 bridgehead atoms. The molecular formula is C25H31NO3. The zero-order chi connectivity index (χ0) is 20.8. The molecule has 1 saturated heterocycles. The Bertz CT molecular complexity index is 849. The molecule has 29 heavy (non-hydrogen) atoms. The van der Waals surface area contributed by atoms with Crippen LogP contribution in [0.15, 0.2) is 42.5 Å². The summed E-state index contributed by atoms with van der Waals surface area (Å²) in [6.45, 7) is 5.27. The second-order valence-corrected chi connectivity index (χ2v) is 8.11. The van der Waals surface area contributed by atoms with Gasteiger partial charge in [-0.2, -0.15) is 0 Å². The number of carbonyl (C=O) groups is 2. The molecule has 1 amide bonds. The lowest BCUT2D eigenvalue weighted by Crippen LogP contribution is -2.39. The largest absolute Gasteiger partial charge is 0.496 e. The van der Waals surface area contributed by atoms with Crippen molar-refractivity contribution >= 4 is 11.7 Å². The number of ketones is 1. The quantitative estimate of drug-likeness (QED) is 0.645. The molecule has 0 aromatic heterocycles. The third-order valence-electron chi connectivity index (χ3n) is 5.96. The Morgan fingerprint density at radius 2 is 1.76 bits per heavy atom. The second kappa shape index (κ2) is 9.73. The van der Waals surface area contributed by atoms with E-state index < -0.39 is 0 Å². The fourth-order valence-electron chi connectivity index (χ4n) is 4.01. The van der Waals surface area contributed by atoms with Gasteiger partial charge in [0, 0.05) is 24.2 Å². The van der Waals surface area contributed by atoms with Gasteiger partial charge in [0.15, 0.2) is 5.78 Å². The van der Waals surface area contributed by atoms with Gasteiger partial charge in [-0.05, 0) is 69.2 Å². The molecule has 0 spiro atoms. The van der Waals surface area contributed by atoms with Crippen molar-refractivity contribution in [3.8, 4) is 5.75 Å². The minimum atomic E-state index is -0.00394. The molecule has 0 radical (unpaired) electrons. The van der Waals surface area contributed by atoms with E-state index in [2.05, 4.69) is 31.2 Å². The number of likely N-dealkylation sites (tertiary alicyclic amines) is 1. The molecule has 2 aromatic carbocycles. The van der Waals surface area contributed by atoms with Crippen LogP contribution in [0.1, 0.15) is 53.2 Å². The monoisotopic (exact) mass is 393 g/mol. The summed E-state index contributed by atoms with van der Waals surface area (Å²) in [5.74, 6) is 1.45. The summed E-state index contributed by atoms with van der Waals surface area (Å²) in [5.41, 5.74) is 4.09. The topological polar surface area (TPSA) is 46.6 Å². The summed E-state index contributed by atoms with van der Waals surface area (Å²) in [6.07, 6.45) is 4.68. The van der Waals surface area contributed by atoms with Crippen LogP contribution in [0, 0.1) is 12.8 Å². The number of carbonyl (C=O) groups excluding carboxylic acids is 2. The van der Waals surface area contributed by atoms with E-state index in [1.165, 1.54) is 24.5 Å². The van der Waals surface area contributed by atoms with Crippen molar-refractivity contribution in [2.24, 2.45) is 5.92 Å². The molecule has 1 fully saturated rings. The molecule has 154 valence electrons. The molecule has 4 nitrogen and oxygen atoms in total. The number of rotatable bonds is 7. The molecule has 0 atom stereocenters. The van der Waals surface area contributed by atoms with Gasteiger partial charge < -0.3 is 9.64 Å². The van der Waals surface area contributed by atoms with Crippen LogP contribution < -0.4 is 4.74 Å². The van der Waals surface area contributed by atoms with Gasteiger partial charge >= 0.3 is 0 Å². The Morgan fingerprint density at radius 3 is 2.38 bits per heavy atom. The molecule has 2 aromatic rings. The van der Waals surface area contributed by atoms with Crippen LogP contribution in [0.4, 0.5) is 0 Å². The van der Waals surface area contributed by atoms with Crippen molar-refractivity contribution in [3.63, 3.8) is 0 Å². The Labute approximate surface area is 173 Å². The maximum atomic E-state index is 12.8. The number of piperidine rings is 1. The van der Waals surface area contributed by atoms with Crippen molar-refractivity contribution in [1.29, 1.82) is 0 Å². The molecular weight excluding hydrogens is 362 g/mol. The first-order chi connectivity index (χ1) is 14.0. The highest BCUT2D eigenvalue weighted by Gasteiger charge is 2.23. The minimum Gasteiger partial charge on any atom is -0.496 e. The zero-order valence-electron chi connectivity index (χ0n) is 17.7. The number of amides is 1. The molecule has 3 rings (SSSR count). The summed E-state index contributed by atoms with van der Waals surface area (Å²) >= 11 is 0. The van der Waals surface area contributed by atoms with Crippen LogP contribution in [0.2, 0.25) is 0 Å². The van der Waals surface area contributed by atoms with Gasteiger partial charge in [0.05, 0.1) is 13.5 Å². The number of hydrogen-bond donors (Lipinski definition) is 0. The number of hydrogen-bond acceptors (Lipinski definition) is 3. The first-order valence-electron chi connectivity index (χ1n) is 10.5. The molecule has 0 aliphatic carbocycles. The first kappa shape index (κ1) is 21.1. The third-order valence-corrected chi connectivity index (χ3v) is 5.96. The molecule has 1 heterocycles. The van der Waals surface area contributed by atoms with Gasteiger partial charge in [0.2, 0.25) is 5.91 Å².